The van der Waals surface area contributed by atoms with Gasteiger partial charge in [0.1, 0.15) is 17.4 Å². The van der Waals surface area contributed by atoms with Gasteiger partial charge in [-0.25, -0.2) is 17.2 Å². The first-order valence-electron chi connectivity index (χ1n) is 7.96. The van der Waals surface area contributed by atoms with Crippen LogP contribution in [0.2, 0.25) is 0 Å². The number of rotatable bonds is 4. The highest BCUT2D eigenvalue weighted by atomic mass is 32.2. The zero-order chi connectivity index (χ0) is 19.6. The lowest BCUT2D eigenvalue weighted by atomic mass is 10.2. The summed E-state index contributed by atoms with van der Waals surface area (Å²) in [7, 11) is -3.88. The average molecular weight is 398 g/mol. The van der Waals surface area contributed by atoms with Crippen LogP contribution < -0.4 is 5.32 Å². The van der Waals surface area contributed by atoms with Gasteiger partial charge in [0, 0.05) is 19.2 Å². The van der Waals surface area contributed by atoms with Crippen molar-refractivity contribution in [2.24, 2.45) is 0 Å². The van der Waals surface area contributed by atoms with E-state index in [0.717, 1.165) is 24.3 Å². The largest absolute Gasteiger partial charge is 0.507 e. The molecule has 1 amide bonds. The lowest BCUT2D eigenvalue weighted by Crippen LogP contribution is -2.40. The zero-order valence-electron chi connectivity index (χ0n) is 14.0. The summed E-state index contributed by atoms with van der Waals surface area (Å²) in [6.07, 6.45) is 0. The highest BCUT2D eigenvalue weighted by molar-refractivity contribution is 7.89. The molecule has 1 heterocycles. The Hall–Kier alpha value is -2.56. The first-order valence-corrected chi connectivity index (χ1v) is 9.40. The van der Waals surface area contributed by atoms with Gasteiger partial charge in [-0.1, -0.05) is 0 Å². The summed E-state index contributed by atoms with van der Waals surface area (Å²) >= 11 is 0. The van der Waals surface area contributed by atoms with Crippen LogP contribution in [0.15, 0.2) is 41.3 Å². The van der Waals surface area contributed by atoms with Crippen LogP contribution in [0.4, 0.5) is 14.5 Å². The van der Waals surface area contributed by atoms with E-state index in [2.05, 4.69) is 5.32 Å². The van der Waals surface area contributed by atoms with Gasteiger partial charge in [0.15, 0.2) is 0 Å². The minimum atomic E-state index is -3.88. The fraction of sp³-hybridized carbons (Fsp3) is 0.235. The molecule has 2 N–H and O–H groups in total. The van der Waals surface area contributed by atoms with Crippen molar-refractivity contribution in [1.82, 2.24) is 4.31 Å². The number of hydrogen-bond donors (Lipinski definition) is 2. The van der Waals surface area contributed by atoms with E-state index in [4.69, 9.17) is 4.74 Å². The number of phenolic OH excluding ortho intramolecular Hbond substituents is 1. The fourth-order valence-corrected chi connectivity index (χ4v) is 4.01. The molecule has 0 unspecified atom stereocenters. The van der Waals surface area contributed by atoms with Gasteiger partial charge in [-0.05, 0) is 30.3 Å². The Kier molecular flexibility index (Phi) is 5.40. The second-order valence-corrected chi connectivity index (χ2v) is 7.71. The predicted molar refractivity (Wildman–Crippen MR) is 92.0 cm³/mol. The van der Waals surface area contributed by atoms with Crippen molar-refractivity contribution >= 4 is 21.6 Å². The molecule has 0 aromatic heterocycles. The maximum absolute atomic E-state index is 13.7. The minimum Gasteiger partial charge on any atom is -0.507 e. The zero-order valence-corrected chi connectivity index (χ0v) is 14.8. The van der Waals surface area contributed by atoms with Gasteiger partial charge in [-0.3, -0.25) is 4.79 Å². The van der Waals surface area contributed by atoms with E-state index < -0.39 is 33.3 Å². The summed E-state index contributed by atoms with van der Waals surface area (Å²) < 4.78 is 58.4. The number of morpholine rings is 1. The Morgan fingerprint density at radius 1 is 1.11 bits per heavy atom. The van der Waals surface area contributed by atoms with Gasteiger partial charge in [0.05, 0.1) is 29.4 Å². The molecule has 0 atom stereocenters. The van der Waals surface area contributed by atoms with Gasteiger partial charge >= 0.3 is 0 Å². The van der Waals surface area contributed by atoms with E-state index in [-0.39, 0.29) is 42.4 Å². The van der Waals surface area contributed by atoms with Crippen LogP contribution in [0.5, 0.6) is 5.75 Å². The van der Waals surface area contributed by atoms with Crippen molar-refractivity contribution in [2.75, 3.05) is 31.6 Å². The molecule has 0 radical (unpaired) electrons. The number of carbonyl (C=O) groups is 1. The summed E-state index contributed by atoms with van der Waals surface area (Å²) in [6.45, 7) is 0.861. The highest BCUT2D eigenvalue weighted by Crippen LogP contribution is 2.26. The van der Waals surface area contributed by atoms with Crippen LogP contribution in [-0.2, 0) is 14.8 Å². The third kappa shape index (κ3) is 4.07. The van der Waals surface area contributed by atoms with Crippen molar-refractivity contribution in [3.63, 3.8) is 0 Å². The fourth-order valence-electron chi connectivity index (χ4n) is 2.57. The van der Waals surface area contributed by atoms with E-state index >= 15 is 0 Å². The van der Waals surface area contributed by atoms with Crippen LogP contribution in [0.1, 0.15) is 10.4 Å². The highest BCUT2D eigenvalue weighted by Gasteiger charge is 2.28. The Balaban J connectivity index is 1.89. The summed E-state index contributed by atoms with van der Waals surface area (Å²) in [5.41, 5.74) is -0.657. The normalized spacial score (nSPS) is 15.5. The molecule has 0 saturated carbocycles. The predicted octanol–water partition coefficient (Wildman–Crippen LogP) is 1.94. The maximum Gasteiger partial charge on any atom is 0.259 e. The summed E-state index contributed by atoms with van der Waals surface area (Å²) in [5.74, 6) is -3.22. The number of anilines is 1. The number of aromatic hydroxyl groups is 1. The Morgan fingerprint density at radius 3 is 2.48 bits per heavy atom. The number of halogens is 2. The second kappa shape index (κ2) is 7.59. The summed E-state index contributed by atoms with van der Waals surface area (Å²) in [5, 5.41) is 12.1. The third-order valence-corrected chi connectivity index (χ3v) is 5.89. The molecule has 1 aliphatic heterocycles. The Bertz CT molecular complexity index is 975. The number of phenols is 1. The van der Waals surface area contributed by atoms with Crippen LogP contribution in [-0.4, -0.2) is 50.0 Å². The summed E-state index contributed by atoms with van der Waals surface area (Å²) in [4.78, 5) is 12.2. The number of sulfonamides is 1. The molecule has 1 aliphatic rings. The van der Waals surface area contributed by atoms with E-state index in [1.165, 1.54) is 10.4 Å². The van der Waals surface area contributed by atoms with Crippen LogP contribution in [0.3, 0.4) is 0 Å². The molecular weight excluding hydrogens is 382 g/mol. The molecule has 1 fully saturated rings. The molecule has 7 nitrogen and oxygen atoms in total. The van der Waals surface area contributed by atoms with Crippen LogP contribution in [0, 0.1) is 11.6 Å². The first kappa shape index (κ1) is 19.2. The number of nitrogens with zero attached hydrogens (tertiary/aromatic N) is 1. The third-order valence-electron chi connectivity index (χ3n) is 4.00. The van der Waals surface area contributed by atoms with Gasteiger partial charge in [0.2, 0.25) is 10.0 Å². The van der Waals surface area contributed by atoms with Gasteiger partial charge in [-0.2, -0.15) is 4.31 Å². The minimum absolute atomic E-state index is 0.172. The van der Waals surface area contributed by atoms with Crippen molar-refractivity contribution in [1.29, 1.82) is 0 Å². The lowest BCUT2D eigenvalue weighted by Gasteiger charge is -2.26. The number of amides is 1. The number of benzene rings is 2. The maximum atomic E-state index is 13.7. The Morgan fingerprint density at radius 2 is 1.81 bits per heavy atom. The van der Waals surface area contributed by atoms with Gasteiger partial charge in [0.25, 0.3) is 5.91 Å². The molecule has 27 heavy (non-hydrogen) atoms. The molecule has 2 aromatic rings. The van der Waals surface area contributed by atoms with Crippen molar-refractivity contribution < 1.29 is 31.8 Å². The van der Waals surface area contributed by atoms with E-state index in [1.807, 2.05) is 0 Å². The molecular formula is C17H16F2N2O5S. The number of nitrogens with one attached hydrogen (secondary N) is 1. The molecule has 2 aromatic carbocycles. The van der Waals surface area contributed by atoms with Crippen molar-refractivity contribution in [3.05, 3.63) is 53.6 Å². The van der Waals surface area contributed by atoms with Crippen LogP contribution in [0.25, 0.3) is 0 Å². The molecule has 3 rings (SSSR count). The van der Waals surface area contributed by atoms with Crippen molar-refractivity contribution in [2.45, 2.75) is 4.90 Å². The molecule has 10 heteroatoms. The second-order valence-electron chi connectivity index (χ2n) is 5.77. The number of ether oxygens (including phenoxy) is 1. The average Bonchev–Trinajstić information content (AvgIpc) is 2.65. The molecule has 144 valence electrons. The number of hydrogen-bond acceptors (Lipinski definition) is 5. The van der Waals surface area contributed by atoms with Gasteiger partial charge in [-0.15, -0.1) is 0 Å². The molecule has 0 bridgehead atoms. The molecule has 1 saturated heterocycles. The lowest BCUT2D eigenvalue weighted by molar-refractivity contribution is 0.0730. The van der Waals surface area contributed by atoms with E-state index in [1.54, 1.807) is 0 Å². The topological polar surface area (TPSA) is 95.9 Å². The van der Waals surface area contributed by atoms with Crippen molar-refractivity contribution in [3.8, 4) is 5.75 Å². The SMILES string of the molecule is O=C(Nc1ccc(F)cc1F)c1cc(S(=O)(=O)N2CCOCC2)ccc1O. The smallest absolute Gasteiger partial charge is 0.259 e. The van der Waals surface area contributed by atoms with E-state index in [9.17, 15) is 27.1 Å². The van der Waals surface area contributed by atoms with E-state index in [0.29, 0.717) is 6.07 Å². The first-order chi connectivity index (χ1) is 12.8. The van der Waals surface area contributed by atoms with Gasteiger partial charge < -0.3 is 15.2 Å². The molecule has 0 spiro atoms. The Labute approximate surface area is 154 Å². The number of carbonyl (C=O) groups excluding carboxylic acids is 1. The monoisotopic (exact) mass is 398 g/mol. The summed E-state index contributed by atoms with van der Waals surface area (Å²) in [6, 6.07) is 5.83. The standard InChI is InChI=1S/C17H16F2N2O5S/c18-11-1-3-15(14(19)9-11)20-17(23)13-10-12(2-4-16(13)22)27(24,25)21-5-7-26-8-6-21/h1-4,9-10,22H,5-8H2,(H,20,23). The van der Waals surface area contributed by atoms with Crippen LogP contribution >= 0.6 is 0 Å². The quantitative estimate of drug-likeness (QED) is 0.821. The molecule has 0 aliphatic carbocycles.